The highest BCUT2D eigenvalue weighted by atomic mass is 32.1. The summed E-state index contributed by atoms with van der Waals surface area (Å²) < 4.78 is 11.5. The monoisotopic (exact) mass is 489 g/mol. The fraction of sp³-hybridized carbons (Fsp3) is 0.222. The van der Waals surface area contributed by atoms with E-state index in [0.29, 0.717) is 46.6 Å². The maximum Gasteiger partial charge on any atom is 0.257 e. The largest absolute Gasteiger partial charge is 0.507 e. The van der Waals surface area contributed by atoms with E-state index in [2.05, 4.69) is 36.4 Å². The van der Waals surface area contributed by atoms with Crippen molar-refractivity contribution >= 4 is 40.0 Å². The Morgan fingerprint density at radius 3 is 2.60 bits per heavy atom. The van der Waals surface area contributed by atoms with Gasteiger partial charge in [-0.3, -0.25) is 10.1 Å². The van der Waals surface area contributed by atoms with Crippen LogP contribution in [0, 0.1) is 5.92 Å². The third kappa shape index (κ3) is 5.96. The maximum atomic E-state index is 12.6. The lowest BCUT2D eigenvalue weighted by atomic mass is 10.1. The number of rotatable bonds is 7. The number of aryl methyl sites for hydroxylation is 1. The Morgan fingerprint density at radius 1 is 1.11 bits per heavy atom. The van der Waals surface area contributed by atoms with Crippen LogP contribution in [-0.4, -0.2) is 27.7 Å². The number of phenolic OH excluding ortho intramolecular Hbond substituents is 1. The van der Waals surface area contributed by atoms with Crippen molar-refractivity contribution in [2.45, 2.75) is 27.2 Å². The number of benzene rings is 3. The van der Waals surface area contributed by atoms with Gasteiger partial charge >= 0.3 is 0 Å². The number of anilines is 1. The van der Waals surface area contributed by atoms with Crippen LogP contribution in [0.2, 0.25) is 0 Å². The molecule has 4 rings (SSSR count). The molecule has 0 atom stereocenters. The van der Waals surface area contributed by atoms with Crippen LogP contribution in [0.4, 0.5) is 5.69 Å². The first-order chi connectivity index (χ1) is 16.8. The number of oxazole rings is 1. The molecule has 0 bridgehead atoms. The highest BCUT2D eigenvalue weighted by Crippen LogP contribution is 2.33. The summed E-state index contributed by atoms with van der Waals surface area (Å²) >= 11 is 5.31. The van der Waals surface area contributed by atoms with Crippen molar-refractivity contribution in [2.75, 3.05) is 11.9 Å². The van der Waals surface area contributed by atoms with Gasteiger partial charge in [0.1, 0.15) is 17.0 Å². The van der Waals surface area contributed by atoms with Gasteiger partial charge in [-0.1, -0.05) is 26.8 Å². The minimum atomic E-state index is -0.345. The fourth-order valence-electron chi connectivity index (χ4n) is 3.40. The molecular formula is C27H27N3O4S. The quantitative estimate of drug-likeness (QED) is 0.219. The van der Waals surface area contributed by atoms with Crippen LogP contribution >= 0.6 is 12.2 Å². The Bertz CT molecular complexity index is 1360. The molecule has 0 aliphatic heterocycles. The second-order valence-electron chi connectivity index (χ2n) is 8.54. The predicted octanol–water partition coefficient (Wildman–Crippen LogP) is 5.92. The van der Waals surface area contributed by atoms with E-state index in [-0.39, 0.29) is 16.8 Å². The lowest BCUT2D eigenvalue weighted by Crippen LogP contribution is -2.34. The standard InChI is InChI=1S/C27H27N3O4S/c1-4-17-5-12-24-22(13-17)29-26(34-24)21-14-19(8-11-23(21)31)28-27(35)30-25(32)18-6-9-20(10-7-18)33-15-16(2)3/h5-14,16,31H,4,15H2,1-3H3,(H2,28,30,32,35). The normalized spacial score (nSPS) is 11.0. The van der Waals surface area contributed by atoms with Crippen molar-refractivity contribution in [3.8, 4) is 23.0 Å². The van der Waals surface area contributed by atoms with Gasteiger partial charge in [0, 0.05) is 11.3 Å². The van der Waals surface area contributed by atoms with E-state index in [1.165, 1.54) is 6.07 Å². The second kappa shape index (κ2) is 10.6. The number of carbonyl (C=O) groups excluding carboxylic acids is 1. The average Bonchev–Trinajstić information content (AvgIpc) is 3.27. The molecule has 8 heteroatoms. The maximum absolute atomic E-state index is 12.6. The molecule has 3 N–H and O–H groups in total. The molecule has 0 radical (unpaired) electrons. The number of hydrogen-bond acceptors (Lipinski definition) is 6. The molecule has 7 nitrogen and oxygen atoms in total. The predicted molar refractivity (Wildman–Crippen MR) is 141 cm³/mol. The first-order valence-corrected chi connectivity index (χ1v) is 11.8. The van der Waals surface area contributed by atoms with Crippen LogP contribution in [-0.2, 0) is 6.42 Å². The molecule has 0 saturated carbocycles. The summed E-state index contributed by atoms with van der Waals surface area (Å²) in [5.41, 5.74) is 3.94. The minimum absolute atomic E-state index is 0.0209. The molecule has 180 valence electrons. The molecule has 0 fully saturated rings. The zero-order valence-electron chi connectivity index (χ0n) is 19.8. The van der Waals surface area contributed by atoms with Crippen LogP contribution in [0.1, 0.15) is 36.7 Å². The molecular weight excluding hydrogens is 462 g/mol. The second-order valence-corrected chi connectivity index (χ2v) is 8.95. The van der Waals surface area contributed by atoms with Gasteiger partial charge in [0.2, 0.25) is 5.89 Å². The molecule has 0 saturated heterocycles. The Morgan fingerprint density at radius 2 is 1.89 bits per heavy atom. The summed E-state index contributed by atoms with van der Waals surface area (Å²) in [5.74, 6) is 1.09. The molecule has 0 aliphatic carbocycles. The van der Waals surface area contributed by atoms with Crippen LogP contribution in [0.5, 0.6) is 11.5 Å². The number of amides is 1. The number of thiocarbonyl (C=S) groups is 1. The summed E-state index contributed by atoms with van der Waals surface area (Å²) in [4.78, 5) is 17.1. The molecule has 0 aliphatic rings. The van der Waals surface area contributed by atoms with Gasteiger partial charge in [-0.25, -0.2) is 4.98 Å². The third-order valence-electron chi connectivity index (χ3n) is 5.27. The first kappa shape index (κ1) is 24.2. The highest BCUT2D eigenvalue weighted by molar-refractivity contribution is 7.80. The smallest absolute Gasteiger partial charge is 0.257 e. The molecule has 0 unspecified atom stereocenters. The summed E-state index contributed by atoms with van der Waals surface area (Å²) in [6.07, 6.45) is 0.891. The molecule has 1 amide bonds. The van der Waals surface area contributed by atoms with Gasteiger partial charge in [-0.2, -0.15) is 0 Å². The van der Waals surface area contributed by atoms with Crippen molar-refractivity contribution in [3.05, 3.63) is 71.8 Å². The zero-order valence-corrected chi connectivity index (χ0v) is 20.6. The Kier molecular flexibility index (Phi) is 7.31. The number of hydrogen-bond donors (Lipinski definition) is 3. The van der Waals surface area contributed by atoms with Crippen molar-refractivity contribution < 1.29 is 19.1 Å². The zero-order chi connectivity index (χ0) is 24.9. The Balaban J connectivity index is 1.43. The number of nitrogens with one attached hydrogen (secondary N) is 2. The Hall–Kier alpha value is -3.91. The molecule has 35 heavy (non-hydrogen) atoms. The van der Waals surface area contributed by atoms with Gasteiger partial charge in [0.05, 0.1) is 12.2 Å². The Labute approximate surface area is 209 Å². The van der Waals surface area contributed by atoms with E-state index in [4.69, 9.17) is 21.4 Å². The molecule has 0 spiro atoms. The SMILES string of the molecule is CCc1ccc2oc(-c3cc(NC(=S)NC(=O)c4ccc(OCC(C)C)cc4)ccc3O)nc2c1. The summed E-state index contributed by atoms with van der Waals surface area (Å²) in [6.45, 7) is 6.82. The number of ether oxygens (including phenoxy) is 1. The minimum Gasteiger partial charge on any atom is -0.507 e. The fourth-order valence-corrected chi connectivity index (χ4v) is 3.61. The van der Waals surface area contributed by atoms with Crippen molar-refractivity contribution in [2.24, 2.45) is 5.92 Å². The first-order valence-electron chi connectivity index (χ1n) is 11.4. The molecule has 3 aromatic carbocycles. The van der Waals surface area contributed by atoms with E-state index in [1.54, 1.807) is 36.4 Å². The number of carbonyl (C=O) groups is 1. The third-order valence-corrected chi connectivity index (χ3v) is 5.48. The van der Waals surface area contributed by atoms with Gasteiger partial charge in [-0.05, 0) is 84.7 Å². The molecule has 1 aromatic heterocycles. The van der Waals surface area contributed by atoms with Gasteiger partial charge in [-0.15, -0.1) is 0 Å². The van der Waals surface area contributed by atoms with Crippen LogP contribution in [0.15, 0.2) is 65.1 Å². The van der Waals surface area contributed by atoms with Crippen molar-refractivity contribution in [1.29, 1.82) is 0 Å². The number of nitrogens with zero attached hydrogens (tertiary/aromatic N) is 1. The van der Waals surface area contributed by atoms with Crippen LogP contribution in [0.25, 0.3) is 22.6 Å². The lowest BCUT2D eigenvalue weighted by molar-refractivity contribution is 0.0977. The van der Waals surface area contributed by atoms with Crippen LogP contribution < -0.4 is 15.4 Å². The number of fused-ring (bicyclic) bond motifs is 1. The van der Waals surface area contributed by atoms with E-state index >= 15 is 0 Å². The topological polar surface area (TPSA) is 96.6 Å². The summed E-state index contributed by atoms with van der Waals surface area (Å²) in [7, 11) is 0. The summed E-state index contributed by atoms with van der Waals surface area (Å²) in [5, 5.41) is 16.1. The number of aromatic nitrogens is 1. The van der Waals surface area contributed by atoms with Gasteiger partial charge in [0.15, 0.2) is 10.7 Å². The van der Waals surface area contributed by atoms with E-state index in [9.17, 15) is 9.90 Å². The number of aromatic hydroxyl groups is 1. The average molecular weight is 490 g/mol. The lowest BCUT2D eigenvalue weighted by Gasteiger charge is -2.12. The van der Waals surface area contributed by atoms with Crippen molar-refractivity contribution in [1.82, 2.24) is 10.3 Å². The van der Waals surface area contributed by atoms with Crippen molar-refractivity contribution in [3.63, 3.8) is 0 Å². The van der Waals surface area contributed by atoms with Crippen LogP contribution in [0.3, 0.4) is 0 Å². The van der Waals surface area contributed by atoms with E-state index in [1.807, 2.05) is 18.2 Å². The molecule has 4 aromatic rings. The molecule has 1 heterocycles. The van der Waals surface area contributed by atoms with E-state index < -0.39 is 0 Å². The van der Waals surface area contributed by atoms with E-state index in [0.717, 1.165) is 17.5 Å². The highest BCUT2D eigenvalue weighted by Gasteiger charge is 2.15. The van der Waals surface area contributed by atoms with Gasteiger partial charge in [0.25, 0.3) is 5.91 Å². The van der Waals surface area contributed by atoms with Gasteiger partial charge < -0.3 is 19.6 Å². The number of phenols is 1. The summed E-state index contributed by atoms with van der Waals surface area (Å²) in [6, 6.07) is 17.5.